The first-order chi connectivity index (χ1) is 13.2. The van der Waals surface area contributed by atoms with E-state index in [2.05, 4.69) is 24.9 Å². The number of hydrogen-bond donors (Lipinski definition) is 3. The van der Waals surface area contributed by atoms with E-state index in [1.165, 1.54) is 5.57 Å². The first kappa shape index (κ1) is 18.8. The van der Waals surface area contributed by atoms with Crippen LogP contribution in [-0.2, 0) is 5.60 Å². The average molecular weight is 384 g/mol. The van der Waals surface area contributed by atoms with Gasteiger partial charge >= 0.3 is 0 Å². The van der Waals surface area contributed by atoms with Crippen LogP contribution in [0.25, 0.3) is 0 Å². The number of nitrogens with zero attached hydrogens (tertiary/aromatic N) is 1. The summed E-state index contributed by atoms with van der Waals surface area (Å²) >= 11 is 0. The minimum absolute atomic E-state index is 0.0776. The summed E-state index contributed by atoms with van der Waals surface area (Å²) < 4.78 is 0. The molecule has 7 atom stereocenters. The number of aliphatic hydroxyl groups excluding tert-OH is 1. The van der Waals surface area contributed by atoms with Gasteiger partial charge in [-0.25, -0.2) is 0 Å². The van der Waals surface area contributed by atoms with E-state index in [1.54, 1.807) is 12.4 Å². The Balaban J connectivity index is 1.55. The molecule has 28 heavy (non-hydrogen) atoms. The van der Waals surface area contributed by atoms with Crippen molar-refractivity contribution >= 4 is 0 Å². The van der Waals surface area contributed by atoms with Gasteiger partial charge in [-0.1, -0.05) is 31.6 Å². The topological polar surface area (TPSA) is 73.6 Å². The van der Waals surface area contributed by atoms with Gasteiger partial charge in [-0.2, -0.15) is 0 Å². The second-order valence-corrected chi connectivity index (χ2v) is 10.4. The molecule has 1 aromatic heterocycles. The predicted octanol–water partition coefficient (Wildman–Crippen LogP) is 3.71. The Hall–Kier alpha value is -1.23. The highest BCUT2D eigenvalue weighted by atomic mass is 16.3. The van der Waals surface area contributed by atoms with Crippen LogP contribution in [0.1, 0.15) is 70.8 Å². The maximum Gasteiger partial charge on any atom is 0.0993 e. The molecule has 4 nitrogen and oxygen atoms in total. The summed E-state index contributed by atoms with van der Waals surface area (Å²) in [7, 11) is 0. The molecule has 0 aliphatic heterocycles. The van der Waals surface area contributed by atoms with Crippen LogP contribution in [0, 0.1) is 22.7 Å². The molecule has 4 heteroatoms. The standard InChI is InChI=1S/C24H33NO3/c1-21-9-7-18(26)14-16(21)5-6-20-19(21)8-10-22(2)23(27,11-12-24(20,22)28)17-4-3-13-25-15-17/h3-4,13-15,18-20,26-28H,5-12H2,1-2H3/t18?,19-,20-,21+,22-,23?,24-/m1/s1. The first-order valence-corrected chi connectivity index (χ1v) is 11.0. The number of pyridine rings is 1. The first-order valence-electron chi connectivity index (χ1n) is 11.0. The summed E-state index contributed by atoms with van der Waals surface area (Å²) in [6.45, 7) is 4.47. The molecular weight excluding hydrogens is 350 g/mol. The second-order valence-electron chi connectivity index (χ2n) is 10.4. The summed E-state index contributed by atoms with van der Waals surface area (Å²) in [6, 6.07) is 3.84. The van der Waals surface area contributed by atoms with Gasteiger partial charge in [-0.05, 0) is 74.7 Å². The molecule has 3 N–H and O–H groups in total. The number of aliphatic hydroxyl groups is 3. The Labute approximate surface area is 167 Å². The summed E-state index contributed by atoms with van der Waals surface area (Å²) in [5.74, 6) is 0.628. The maximum absolute atomic E-state index is 12.2. The molecule has 3 fully saturated rings. The van der Waals surface area contributed by atoms with Crippen molar-refractivity contribution < 1.29 is 15.3 Å². The van der Waals surface area contributed by atoms with Crippen molar-refractivity contribution in [2.75, 3.05) is 0 Å². The fourth-order valence-electron chi connectivity index (χ4n) is 7.77. The van der Waals surface area contributed by atoms with Crippen LogP contribution in [-0.4, -0.2) is 32.0 Å². The van der Waals surface area contributed by atoms with Gasteiger partial charge in [0.05, 0.1) is 17.3 Å². The minimum atomic E-state index is -1.03. The normalized spacial score (nSPS) is 50.3. The largest absolute Gasteiger partial charge is 0.389 e. The highest BCUT2D eigenvalue weighted by molar-refractivity contribution is 5.33. The molecule has 2 unspecified atom stereocenters. The van der Waals surface area contributed by atoms with Crippen molar-refractivity contribution in [1.29, 1.82) is 0 Å². The maximum atomic E-state index is 12.2. The Morgan fingerprint density at radius 3 is 2.57 bits per heavy atom. The van der Waals surface area contributed by atoms with Gasteiger partial charge in [0.15, 0.2) is 0 Å². The lowest BCUT2D eigenvalue weighted by atomic mass is 9.44. The Bertz CT molecular complexity index is 809. The van der Waals surface area contributed by atoms with Crippen molar-refractivity contribution in [2.24, 2.45) is 22.7 Å². The van der Waals surface area contributed by atoms with E-state index >= 15 is 0 Å². The smallest absolute Gasteiger partial charge is 0.0993 e. The Morgan fingerprint density at radius 2 is 1.82 bits per heavy atom. The number of allylic oxidation sites excluding steroid dienone is 1. The summed E-state index contributed by atoms with van der Waals surface area (Å²) in [4.78, 5) is 4.25. The van der Waals surface area contributed by atoms with E-state index in [0.29, 0.717) is 18.8 Å². The van der Waals surface area contributed by atoms with E-state index in [-0.39, 0.29) is 17.4 Å². The molecule has 0 amide bonds. The van der Waals surface area contributed by atoms with E-state index in [9.17, 15) is 15.3 Å². The quantitative estimate of drug-likeness (QED) is 0.647. The monoisotopic (exact) mass is 383 g/mol. The van der Waals surface area contributed by atoms with Gasteiger partial charge in [0.25, 0.3) is 0 Å². The molecule has 0 spiro atoms. The van der Waals surface area contributed by atoms with Crippen LogP contribution >= 0.6 is 0 Å². The number of hydrogen-bond acceptors (Lipinski definition) is 4. The molecule has 5 rings (SSSR count). The van der Waals surface area contributed by atoms with E-state index < -0.39 is 16.6 Å². The molecule has 152 valence electrons. The van der Waals surface area contributed by atoms with Crippen LogP contribution in [0.4, 0.5) is 0 Å². The molecule has 0 radical (unpaired) electrons. The summed E-state index contributed by atoms with van der Waals surface area (Å²) in [5.41, 5.74) is -0.119. The molecule has 0 aromatic carbocycles. The fourth-order valence-corrected chi connectivity index (χ4v) is 7.77. The summed E-state index contributed by atoms with van der Waals surface area (Å²) in [6.07, 6.45) is 12.1. The van der Waals surface area contributed by atoms with E-state index in [1.807, 2.05) is 12.1 Å². The number of aromatic nitrogens is 1. The summed E-state index contributed by atoms with van der Waals surface area (Å²) in [5, 5.41) is 34.2. The zero-order valence-electron chi connectivity index (χ0n) is 17.1. The second kappa shape index (κ2) is 5.90. The Morgan fingerprint density at radius 1 is 1.00 bits per heavy atom. The van der Waals surface area contributed by atoms with Gasteiger partial charge in [-0.15, -0.1) is 0 Å². The Kier molecular flexibility index (Phi) is 3.96. The zero-order chi connectivity index (χ0) is 19.8. The number of rotatable bonds is 1. The predicted molar refractivity (Wildman–Crippen MR) is 107 cm³/mol. The molecule has 1 aromatic rings. The van der Waals surface area contributed by atoms with Gasteiger partial charge in [0, 0.05) is 23.4 Å². The van der Waals surface area contributed by atoms with Crippen molar-refractivity contribution in [2.45, 2.75) is 82.5 Å². The van der Waals surface area contributed by atoms with Crippen molar-refractivity contribution in [3.8, 4) is 0 Å². The van der Waals surface area contributed by atoms with Gasteiger partial charge in [-0.3, -0.25) is 4.98 Å². The van der Waals surface area contributed by atoms with Crippen LogP contribution < -0.4 is 0 Å². The highest BCUT2D eigenvalue weighted by Gasteiger charge is 2.71. The molecule has 0 bridgehead atoms. The lowest BCUT2D eigenvalue weighted by molar-refractivity contribution is -0.221. The molecule has 4 aliphatic rings. The third kappa shape index (κ3) is 2.15. The van der Waals surface area contributed by atoms with E-state index in [4.69, 9.17) is 0 Å². The lowest BCUT2D eigenvalue weighted by Gasteiger charge is -2.62. The molecule has 1 heterocycles. The van der Waals surface area contributed by atoms with Crippen LogP contribution in [0.2, 0.25) is 0 Å². The van der Waals surface area contributed by atoms with Crippen LogP contribution in [0.5, 0.6) is 0 Å². The van der Waals surface area contributed by atoms with Gasteiger partial charge in [0.2, 0.25) is 0 Å². The van der Waals surface area contributed by atoms with Crippen molar-refractivity contribution in [1.82, 2.24) is 4.98 Å². The molecule has 0 saturated heterocycles. The fraction of sp³-hybridized carbons (Fsp3) is 0.708. The van der Waals surface area contributed by atoms with Gasteiger partial charge in [0.1, 0.15) is 0 Å². The third-order valence-electron chi connectivity index (χ3n) is 9.56. The van der Waals surface area contributed by atoms with Crippen molar-refractivity contribution in [3.63, 3.8) is 0 Å². The lowest BCUT2D eigenvalue weighted by Crippen LogP contribution is -2.63. The molecule has 4 aliphatic carbocycles. The van der Waals surface area contributed by atoms with Crippen molar-refractivity contribution in [3.05, 3.63) is 41.7 Å². The van der Waals surface area contributed by atoms with Crippen LogP contribution in [0.15, 0.2) is 36.2 Å². The number of fused-ring (bicyclic) bond motifs is 5. The third-order valence-corrected chi connectivity index (χ3v) is 9.56. The SMILES string of the molecule is C[C@]12CCC(O)C=C1CC[C@@H]1[C@H]2CC[C@]2(C)C(O)(c3cccnc3)CC[C@@]12O. The van der Waals surface area contributed by atoms with E-state index in [0.717, 1.165) is 44.1 Å². The van der Waals surface area contributed by atoms with Crippen LogP contribution in [0.3, 0.4) is 0 Å². The minimum Gasteiger partial charge on any atom is -0.389 e. The zero-order valence-corrected chi connectivity index (χ0v) is 17.1. The average Bonchev–Trinajstić information content (AvgIpc) is 2.91. The van der Waals surface area contributed by atoms with Gasteiger partial charge < -0.3 is 15.3 Å². The highest BCUT2D eigenvalue weighted by Crippen LogP contribution is 2.71. The molecular formula is C24H33NO3. The molecule has 3 saturated carbocycles.